The Bertz CT molecular complexity index is 994. The molecule has 3 aliphatic heterocycles. The molecule has 1 unspecified atom stereocenters. The first kappa shape index (κ1) is 16.8. The number of hydrogen-bond acceptors (Lipinski definition) is 4. The molecular formula is C19H22N4O3S. The van der Waals surface area contributed by atoms with Gasteiger partial charge in [0.1, 0.15) is 5.25 Å². The van der Waals surface area contributed by atoms with E-state index in [0.29, 0.717) is 26.1 Å². The molecule has 7 nitrogen and oxygen atoms in total. The van der Waals surface area contributed by atoms with E-state index in [1.165, 1.54) is 4.31 Å². The summed E-state index contributed by atoms with van der Waals surface area (Å²) < 4.78 is 29.7. The van der Waals surface area contributed by atoms with E-state index in [-0.39, 0.29) is 11.8 Å². The number of benzene rings is 1. The molecule has 0 aliphatic carbocycles. The minimum Gasteiger partial charge on any atom is -0.340 e. The number of nitrogens with zero attached hydrogens (tertiary/aromatic N) is 4. The predicted molar refractivity (Wildman–Crippen MR) is 101 cm³/mol. The van der Waals surface area contributed by atoms with Crippen LogP contribution < -0.4 is 4.31 Å². The van der Waals surface area contributed by atoms with E-state index < -0.39 is 15.3 Å². The number of anilines is 1. The third kappa shape index (κ3) is 2.65. The Balaban J connectivity index is 1.25. The fraction of sp³-hybridized carbons (Fsp3) is 0.474. The molecule has 27 heavy (non-hydrogen) atoms. The van der Waals surface area contributed by atoms with Crippen molar-refractivity contribution in [2.45, 2.75) is 31.1 Å². The molecule has 8 heteroatoms. The molecule has 1 amide bonds. The molecule has 0 bridgehead atoms. The molecule has 1 saturated heterocycles. The zero-order chi connectivity index (χ0) is 18.6. The zero-order valence-corrected chi connectivity index (χ0v) is 15.8. The fourth-order valence-corrected chi connectivity index (χ4v) is 6.29. The van der Waals surface area contributed by atoms with Gasteiger partial charge in [0.25, 0.3) is 0 Å². The summed E-state index contributed by atoms with van der Waals surface area (Å²) in [7, 11) is -3.43. The van der Waals surface area contributed by atoms with Gasteiger partial charge in [0, 0.05) is 50.4 Å². The molecule has 4 heterocycles. The number of aromatic nitrogens is 2. The Labute approximate surface area is 158 Å². The third-order valence-corrected chi connectivity index (χ3v) is 8.19. The Kier molecular flexibility index (Phi) is 3.79. The van der Waals surface area contributed by atoms with Crippen LogP contribution in [0.2, 0.25) is 0 Å². The number of hydrogen-bond donors (Lipinski definition) is 0. The second-order valence-corrected chi connectivity index (χ2v) is 9.77. The molecule has 5 rings (SSSR count). The molecule has 1 atom stereocenters. The van der Waals surface area contributed by atoms with Crippen molar-refractivity contribution in [1.29, 1.82) is 0 Å². The summed E-state index contributed by atoms with van der Waals surface area (Å²) in [5.74, 6) is 0.0149. The summed E-state index contributed by atoms with van der Waals surface area (Å²) >= 11 is 0. The largest absolute Gasteiger partial charge is 0.340 e. The van der Waals surface area contributed by atoms with E-state index >= 15 is 0 Å². The van der Waals surface area contributed by atoms with Gasteiger partial charge in [0.15, 0.2) is 0 Å². The van der Waals surface area contributed by atoms with Crippen molar-refractivity contribution < 1.29 is 13.2 Å². The van der Waals surface area contributed by atoms with Crippen LogP contribution in [0.15, 0.2) is 36.8 Å². The van der Waals surface area contributed by atoms with Crippen LogP contribution in [0.3, 0.4) is 0 Å². The molecule has 142 valence electrons. The van der Waals surface area contributed by atoms with Crippen LogP contribution in [0.1, 0.15) is 17.7 Å². The number of para-hydroxylation sites is 1. The Morgan fingerprint density at radius 3 is 2.81 bits per heavy atom. The van der Waals surface area contributed by atoms with E-state index in [2.05, 4.69) is 9.55 Å². The highest BCUT2D eigenvalue weighted by molar-refractivity contribution is 7.93. The molecule has 0 saturated carbocycles. The summed E-state index contributed by atoms with van der Waals surface area (Å²) in [6.07, 6.45) is 5.84. The van der Waals surface area contributed by atoms with Crippen molar-refractivity contribution in [3.8, 4) is 0 Å². The predicted octanol–water partition coefficient (Wildman–Crippen LogP) is 1.05. The highest BCUT2D eigenvalue weighted by atomic mass is 32.2. The summed E-state index contributed by atoms with van der Waals surface area (Å²) in [6.45, 7) is 1.90. The van der Waals surface area contributed by atoms with Crippen LogP contribution in [-0.4, -0.2) is 53.7 Å². The van der Waals surface area contributed by atoms with Gasteiger partial charge in [0.2, 0.25) is 15.9 Å². The minimum absolute atomic E-state index is 0.0645. The quantitative estimate of drug-likeness (QED) is 0.790. The van der Waals surface area contributed by atoms with Gasteiger partial charge in [-0.1, -0.05) is 18.2 Å². The lowest BCUT2D eigenvalue weighted by Gasteiger charge is -2.42. The molecule has 2 aromatic rings. The van der Waals surface area contributed by atoms with E-state index in [1.54, 1.807) is 11.2 Å². The topological polar surface area (TPSA) is 75.5 Å². The number of imidazole rings is 1. The zero-order valence-electron chi connectivity index (χ0n) is 15.0. The molecule has 1 aromatic carbocycles. The average Bonchev–Trinajstić information content (AvgIpc) is 3.26. The first-order valence-electron chi connectivity index (χ1n) is 9.41. The van der Waals surface area contributed by atoms with Crippen LogP contribution in [0.25, 0.3) is 0 Å². The fourth-order valence-electron chi connectivity index (χ4n) is 4.40. The number of carbonyl (C=O) groups excluding carboxylic acids is 1. The summed E-state index contributed by atoms with van der Waals surface area (Å²) in [5, 5.41) is -0.498. The van der Waals surface area contributed by atoms with Crippen LogP contribution in [0.5, 0.6) is 0 Å². The molecule has 1 fully saturated rings. The Morgan fingerprint density at radius 1 is 1.15 bits per heavy atom. The number of fused-ring (bicyclic) bond motifs is 2. The Morgan fingerprint density at radius 2 is 1.96 bits per heavy atom. The number of sulfonamides is 1. The van der Waals surface area contributed by atoms with E-state index in [0.717, 1.165) is 36.3 Å². The maximum Gasteiger partial charge on any atom is 0.241 e. The third-order valence-electron chi connectivity index (χ3n) is 6.05. The Hall–Kier alpha value is -2.35. The first-order valence-corrected chi connectivity index (χ1v) is 10.9. The number of amides is 1. The SMILES string of the molecule is O=C(C1CCn2cncc2C1)N1CC(S(=O)(=O)N2CCc3ccccc32)C1. The van der Waals surface area contributed by atoms with Crippen LogP contribution in [-0.2, 0) is 34.2 Å². The summed E-state index contributed by atoms with van der Waals surface area (Å²) in [5.41, 5.74) is 2.95. The maximum absolute atomic E-state index is 13.0. The van der Waals surface area contributed by atoms with E-state index in [9.17, 15) is 13.2 Å². The van der Waals surface area contributed by atoms with Gasteiger partial charge in [-0.15, -0.1) is 0 Å². The van der Waals surface area contributed by atoms with Crippen LogP contribution >= 0.6 is 0 Å². The van der Waals surface area contributed by atoms with Crippen molar-refractivity contribution in [1.82, 2.24) is 14.5 Å². The van der Waals surface area contributed by atoms with E-state index in [1.807, 2.05) is 30.5 Å². The number of likely N-dealkylation sites (tertiary alicyclic amines) is 1. The molecule has 1 aromatic heterocycles. The van der Waals surface area contributed by atoms with Gasteiger partial charge in [-0.2, -0.15) is 0 Å². The lowest BCUT2D eigenvalue weighted by molar-refractivity contribution is -0.139. The molecule has 0 spiro atoms. The molecule has 0 radical (unpaired) electrons. The molecule has 3 aliphatic rings. The second kappa shape index (κ2) is 6.09. The lowest BCUT2D eigenvalue weighted by Crippen LogP contribution is -2.61. The van der Waals surface area contributed by atoms with Gasteiger partial charge < -0.3 is 9.47 Å². The van der Waals surface area contributed by atoms with Gasteiger partial charge in [-0.05, 0) is 24.5 Å². The average molecular weight is 386 g/mol. The number of aryl methyl sites for hydroxylation is 1. The minimum atomic E-state index is -3.43. The van der Waals surface area contributed by atoms with Gasteiger partial charge in [-0.25, -0.2) is 13.4 Å². The van der Waals surface area contributed by atoms with Crippen molar-refractivity contribution in [2.24, 2.45) is 5.92 Å². The van der Waals surface area contributed by atoms with Crippen molar-refractivity contribution in [3.63, 3.8) is 0 Å². The number of carbonyl (C=O) groups is 1. The summed E-state index contributed by atoms with van der Waals surface area (Å²) in [6, 6.07) is 7.66. The van der Waals surface area contributed by atoms with Gasteiger partial charge in [-0.3, -0.25) is 9.10 Å². The highest BCUT2D eigenvalue weighted by Gasteiger charge is 2.45. The molecular weight excluding hydrogens is 364 g/mol. The maximum atomic E-state index is 13.0. The molecule has 0 N–H and O–H groups in total. The van der Waals surface area contributed by atoms with Gasteiger partial charge >= 0.3 is 0 Å². The first-order chi connectivity index (χ1) is 13.0. The smallest absolute Gasteiger partial charge is 0.241 e. The number of rotatable bonds is 3. The second-order valence-electron chi connectivity index (χ2n) is 7.63. The van der Waals surface area contributed by atoms with Crippen molar-refractivity contribution in [2.75, 3.05) is 23.9 Å². The lowest BCUT2D eigenvalue weighted by atomic mass is 9.93. The van der Waals surface area contributed by atoms with Crippen LogP contribution in [0.4, 0.5) is 5.69 Å². The van der Waals surface area contributed by atoms with Crippen molar-refractivity contribution in [3.05, 3.63) is 48.0 Å². The highest BCUT2D eigenvalue weighted by Crippen LogP contribution is 2.34. The van der Waals surface area contributed by atoms with Gasteiger partial charge in [0.05, 0.1) is 12.0 Å². The summed E-state index contributed by atoms with van der Waals surface area (Å²) in [4.78, 5) is 18.6. The standard InChI is InChI=1S/C19H22N4O3S/c24-19(15-5-7-21-13-20-10-16(21)9-15)22-11-17(12-22)27(25,26)23-8-6-14-3-1-2-4-18(14)23/h1-4,10,13,15,17H,5-9,11-12H2. The normalized spacial score (nSPS) is 22.3. The van der Waals surface area contributed by atoms with E-state index in [4.69, 9.17) is 0 Å². The van der Waals surface area contributed by atoms with Crippen LogP contribution in [0, 0.1) is 5.92 Å². The van der Waals surface area contributed by atoms with Crippen molar-refractivity contribution >= 4 is 21.6 Å². The monoisotopic (exact) mass is 386 g/mol.